The number of benzene rings is 2. The largest absolute Gasteiger partial charge is 0.492 e. The quantitative estimate of drug-likeness (QED) is 0.702. The average Bonchev–Trinajstić information content (AvgIpc) is 3.19. The summed E-state index contributed by atoms with van der Waals surface area (Å²) in [5, 5.41) is 0. The number of para-hydroxylation sites is 4. The Balaban J connectivity index is 1.33. The van der Waals surface area contributed by atoms with Crippen molar-refractivity contribution < 1.29 is 28.6 Å². The van der Waals surface area contributed by atoms with E-state index in [0.717, 1.165) is 0 Å². The highest BCUT2D eigenvalue weighted by Crippen LogP contribution is 2.33. The van der Waals surface area contributed by atoms with E-state index >= 15 is 0 Å². The van der Waals surface area contributed by atoms with Crippen molar-refractivity contribution in [2.45, 2.75) is 19.4 Å². The second-order valence-electron chi connectivity index (χ2n) is 7.15. The summed E-state index contributed by atoms with van der Waals surface area (Å²) in [7, 11) is 0. The molecule has 0 unspecified atom stereocenters. The fourth-order valence-electron chi connectivity index (χ4n) is 3.53. The molecule has 2 N–H and O–H groups in total. The number of ether oxygens (including phenoxy) is 3. The molecule has 31 heavy (non-hydrogen) atoms. The predicted molar refractivity (Wildman–Crippen MR) is 111 cm³/mol. The Bertz CT molecular complexity index is 995. The van der Waals surface area contributed by atoms with Gasteiger partial charge in [0, 0.05) is 13.0 Å². The number of rotatable bonds is 5. The van der Waals surface area contributed by atoms with Gasteiger partial charge in [-0.2, -0.15) is 0 Å². The van der Waals surface area contributed by atoms with E-state index in [0.29, 0.717) is 29.5 Å². The summed E-state index contributed by atoms with van der Waals surface area (Å²) >= 11 is 0. The Morgan fingerprint density at radius 2 is 1.77 bits per heavy atom. The van der Waals surface area contributed by atoms with Gasteiger partial charge in [0.25, 0.3) is 5.91 Å². The molecular formula is C22H23N3O6. The summed E-state index contributed by atoms with van der Waals surface area (Å²) in [6.45, 7) is 2.55. The van der Waals surface area contributed by atoms with Crippen molar-refractivity contribution in [3.8, 4) is 17.2 Å². The summed E-state index contributed by atoms with van der Waals surface area (Å²) in [6, 6.07) is 14.2. The van der Waals surface area contributed by atoms with Crippen LogP contribution in [0.1, 0.15) is 13.3 Å². The summed E-state index contributed by atoms with van der Waals surface area (Å²) in [4.78, 5) is 39.0. The van der Waals surface area contributed by atoms with Gasteiger partial charge in [-0.25, -0.2) is 0 Å². The van der Waals surface area contributed by atoms with Crippen LogP contribution in [0.3, 0.4) is 0 Å². The maximum absolute atomic E-state index is 12.6. The Morgan fingerprint density at radius 1 is 1.06 bits per heavy atom. The molecule has 0 spiro atoms. The summed E-state index contributed by atoms with van der Waals surface area (Å²) in [5.41, 5.74) is 5.38. The average molecular weight is 425 g/mol. The predicted octanol–water partition coefficient (Wildman–Crippen LogP) is 1.43. The van der Waals surface area contributed by atoms with Gasteiger partial charge in [-0.1, -0.05) is 24.3 Å². The van der Waals surface area contributed by atoms with Crippen molar-refractivity contribution in [2.24, 2.45) is 5.92 Å². The smallest absolute Gasteiger partial charge is 0.283 e. The molecule has 9 nitrogen and oxygen atoms in total. The fourth-order valence-corrected chi connectivity index (χ4v) is 3.53. The summed E-state index contributed by atoms with van der Waals surface area (Å²) in [5.74, 6) is -0.160. The zero-order valence-electron chi connectivity index (χ0n) is 17.0. The van der Waals surface area contributed by atoms with Crippen LogP contribution in [-0.2, 0) is 14.4 Å². The third kappa shape index (κ3) is 4.40. The molecule has 2 atom stereocenters. The molecule has 0 aliphatic carbocycles. The molecule has 2 heterocycles. The zero-order valence-corrected chi connectivity index (χ0v) is 17.0. The lowest BCUT2D eigenvalue weighted by molar-refractivity contribution is -0.136. The van der Waals surface area contributed by atoms with Crippen LogP contribution in [0.4, 0.5) is 5.69 Å². The van der Waals surface area contributed by atoms with Gasteiger partial charge >= 0.3 is 0 Å². The van der Waals surface area contributed by atoms with Crippen molar-refractivity contribution >= 4 is 23.4 Å². The van der Waals surface area contributed by atoms with Gasteiger partial charge in [-0.05, 0) is 31.2 Å². The summed E-state index contributed by atoms with van der Waals surface area (Å²) in [6.07, 6.45) is -0.853. The Kier molecular flexibility index (Phi) is 5.92. The standard InChI is InChI=1S/C22H23N3O6/c1-2-29-16-8-4-3-7-15(16)25-12-14(11-20(25)26)21(27)23-24-22(28)19-13-30-17-9-5-6-10-18(17)31-19/h3-10,14,19H,2,11-13H2,1H3,(H,23,27)(H,24,28)/t14-,19+/m1/s1. The molecule has 2 aliphatic heterocycles. The lowest BCUT2D eigenvalue weighted by atomic mass is 10.1. The van der Waals surface area contributed by atoms with Crippen LogP contribution < -0.4 is 30.0 Å². The van der Waals surface area contributed by atoms with Gasteiger partial charge in [0.05, 0.1) is 18.2 Å². The molecule has 1 saturated heterocycles. The second kappa shape index (κ2) is 8.95. The van der Waals surface area contributed by atoms with E-state index in [9.17, 15) is 14.4 Å². The van der Waals surface area contributed by atoms with Crippen molar-refractivity contribution in [1.82, 2.24) is 10.9 Å². The van der Waals surface area contributed by atoms with Crippen LogP contribution in [0.2, 0.25) is 0 Å². The number of anilines is 1. The van der Waals surface area contributed by atoms with E-state index in [1.165, 1.54) is 4.90 Å². The van der Waals surface area contributed by atoms with Gasteiger partial charge in [-0.15, -0.1) is 0 Å². The highest BCUT2D eigenvalue weighted by atomic mass is 16.6. The van der Waals surface area contributed by atoms with Crippen molar-refractivity contribution in [3.05, 3.63) is 48.5 Å². The van der Waals surface area contributed by atoms with E-state index in [2.05, 4.69) is 10.9 Å². The Labute approximate surface area is 179 Å². The van der Waals surface area contributed by atoms with Gasteiger partial charge in [0.15, 0.2) is 11.5 Å². The number of nitrogens with one attached hydrogen (secondary N) is 2. The van der Waals surface area contributed by atoms with Crippen LogP contribution in [0.15, 0.2) is 48.5 Å². The van der Waals surface area contributed by atoms with E-state index in [1.807, 2.05) is 25.1 Å². The molecule has 0 bridgehead atoms. The maximum Gasteiger partial charge on any atom is 0.283 e. The molecule has 2 aliphatic rings. The zero-order chi connectivity index (χ0) is 21.8. The first-order valence-electron chi connectivity index (χ1n) is 10.1. The number of carbonyl (C=O) groups excluding carboxylic acids is 3. The summed E-state index contributed by atoms with van der Waals surface area (Å²) < 4.78 is 16.7. The van der Waals surface area contributed by atoms with E-state index in [4.69, 9.17) is 14.2 Å². The number of nitrogens with zero attached hydrogens (tertiary/aromatic N) is 1. The van der Waals surface area contributed by atoms with Gasteiger partial charge < -0.3 is 19.1 Å². The highest BCUT2D eigenvalue weighted by Gasteiger charge is 2.37. The van der Waals surface area contributed by atoms with E-state index in [1.54, 1.807) is 30.3 Å². The number of amides is 3. The Morgan fingerprint density at radius 3 is 2.58 bits per heavy atom. The molecule has 0 aromatic heterocycles. The first kappa shape index (κ1) is 20.5. The van der Waals surface area contributed by atoms with Crippen molar-refractivity contribution in [1.29, 1.82) is 0 Å². The van der Waals surface area contributed by atoms with Crippen LogP contribution in [0.25, 0.3) is 0 Å². The number of fused-ring (bicyclic) bond motifs is 1. The highest BCUT2D eigenvalue weighted by molar-refractivity contribution is 6.01. The number of hydrogen-bond donors (Lipinski definition) is 2. The SMILES string of the molecule is CCOc1ccccc1N1C[C@H](C(=O)NNC(=O)[C@@H]2COc3ccccc3O2)CC1=O. The molecule has 0 saturated carbocycles. The third-order valence-corrected chi connectivity index (χ3v) is 5.06. The van der Waals surface area contributed by atoms with E-state index < -0.39 is 23.8 Å². The monoisotopic (exact) mass is 425 g/mol. The van der Waals surface area contributed by atoms with Crippen molar-refractivity contribution in [2.75, 3.05) is 24.7 Å². The van der Waals surface area contributed by atoms with Crippen LogP contribution in [0, 0.1) is 5.92 Å². The third-order valence-electron chi connectivity index (χ3n) is 5.06. The number of carbonyl (C=O) groups is 3. The van der Waals surface area contributed by atoms with E-state index in [-0.39, 0.29) is 25.5 Å². The minimum Gasteiger partial charge on any atom is -0.492 e. The minimum absolute atomic E-state index is 0.0304. The van der Waals surface area contributed by atoms with Gasteiger partial charge in [0.1, 0.15) is 12.4 Å². The minimum atomic E-state index is -0.894. The Hall–Kier alpha value is -3.75. The fraction of sp³-hybridized carbons (Fsp3) is 0.318. The molecular weight excluding hydrogens is 402 g/mol. The molecule has 2 aromatic carbocycles. The molecule has 9 heteroatoms. The van der Waals surface area contributed by atoms with Crippen LogP contribution in [-0.4, -0.2) is 43.6 Å². The van der Waals surface area contributed by atoms with Crippen LogP contribution in [0.5, 0.6) is 17.2 Å². The lowest BCUT2D eigenvalue weighted by Crippen LogP contribution is -2.52. The maximum atomic E-state index is 12.6. The molecule has 1 fully saturated rings. The normalized spacial score (nSPS) is 19.6. The topological polar surface area (TPSA) is 106 Å². The second-order valence-corrected chi connectivity index (χ2v) is 7.15. The molecule has 3 amide bonds. The first-order valence-corrected chi connectivity index (χ1v) is 10.1. The lowest BCUT2D eigenvalue weighted by Gasteiger charge is -2.25. The molecule has 4 rings (SSSR count). The van der Waals surface area contributed by atoms with Crippen molar-refractivity contribution in [3.63, 3.8) is 0 Å². The van der Waals surface area contributed by atoms with Gasteiger partial charge in [0.2, 0.25) is 17.9 Å². The van der Waals surface area contributed by atoms with Crippen LogP contribution >= 0.6 is 0 Å². The molecule has 2 aromatic rings. The van der Waals surface area contributed by atoms with Gasteiger partial charge in [-0.3, -0.25) is 25.2 Å². The number of hydrogen-bond acceptors (Lipinski definition) is 6. The molecule has 0 radical (unpaired) electrons. The molecule has 162 valence electrons. The first-order chi connectivity index (χ1) is 15.1. The number of hydrazine groups is 1.